The molecule has 5 nitrogen and oxygen atoms in total. The molecule has 19 heavy (non-hydrogen) atoms. The molecule has 0 saturated carbocycles. The van der Waals surface area contributed by atoms with Crippen LogP contribution in [0.25, 0.3) is 10.9 Å². The van der Waals surface area contributed by atoms with Crippen LogP contribution in [0, 0.1) is 0 Å². The molecule has 1 unspecified atom stereocenters. The van der Waals surface area contributed by atoms with E-state index < -0.39 is 0 Å². The Morgan fingerprint density at radius 2 is 2.32 bits per heavy atom. The molecular formula is C14H17N3O2. The molecule has 1 aromatic heterocycles. The second-order valence-corrected chi connectivity index (χ2v) is 4.75. The van der Waals surface area contributed by atoms with Crippen molar-refractivity contribution in [2.24, 2.45) is 5.73 Å². The van der Waals surface area contributed by atoms with E-state index >= 15 is 0 Å². The number of benzene rings is 1. The molecule has 1 fully saturated rings. The quantitative estimate of drug-likeness (QED) is 0.844. The topological polar surface area (TPSA) is 71.3 Å². The second-order valence-electron chi connectivity index (χ2n) is 4.75. The van der Waals surface area contributed by atoms with E-state index in [1.807, 2.05) is 30.3 Å². The van der Waals surface area contributed by atoms with Crippen LogP contribution < -0.4 is 5.73 Å². The average Bonchev–Trinajstić information content (AvgIpc) is 2.90. The lowest BCUT2D eigenvalue weighted by atomic mass is 10.2. The summed E-state index contributed by atoms with van der Waals surface area (Å²) in [5, 5.41) is 1.05. The smallest absolute Gasteiger partial charge is 0.270 e. The molecule has 5 heteroatoms. The Labute approximate surface area is 111 Å². The van der Waals surface area contributed by atoms with Crippen molar-refractivity contribution in [1.29, 1.82) is 0 Å². The molecule has 3 N–H and O–H groups in total. The highest BCUT2D eigenvalue weighted by Crippen LogP contribution is 2.17. The number of hydrogen-bond acceptors (Lipinski definition) is 3. The maximum absolute atomic E-state index is 12.4. The fraction of sp³-hybridized carbons (Fsp3) is 0.357. The van der Waals surface area contributed by atoms with E-state index in [4.69, 9.17) is 10.5 Å². The molecule has 1 atom stereocenters. The number of nitrogens with zero attached hydrogens (tertiary/aromatic N) is 1. The van der Waals surface area contributed by atoms with Gasteiger partial charge in [0, 0.05) is 30.5 Å². The van der Waals surface area contributed by atoms with Crippen LogP contribution in [0.3, 0.4) is 0 Å². The molecule has 100 valence electrons. The molecule has 0 spiro atoms. The van der Waals surface area contributed by atoms with Gasteiger partial charge in [-0.1, -0.05) is 18.2 Å². The van der Waals surface area contributed by atoms with Crippen LogP contribution in [-0.4, -0.2) is 48.1 Å². The largest absolute Gasteiger partial charge is 0.373 e. The van der Waals surface area contributed by atoms with Gasteiger partial charge in [-0.3, -0.25) is 4.79 Å². The fourth-order valence-corrected chi connectivity index (χ4v) is 2.41. The lowest BCUT2D eigenvalue weighted by Crippen LogP contribution is -2.48. The van der Waals surface area contributed by atoms with Gasteiger partial charge in [0.05, 0.1) is 12.7 Å². The van der Waals surface area contributed by atoms with Gasteiger partial charge in [0.25, 0.3) is 5.91 Å². The third-order valence-electron chi connectivity index (χ3n) is 3.45. The molecule has 0 radical (unpaired) electrons. The van der Waals surface area contributed by atoms with E-state index in [-0.39, 0.29) is 12.0 Å². The van der Waals surface area contributed by atoms with E-state index in [1.165, 1.54) is 0 Å². The van der Waals surface area contributed by atoms with Crippen LogP contribution in [0.5, 0.6) is 0 Å². The summed E-state index contributed by atoms with van der Waals surface area (Å²) in [5.41, 5.74) is 7.20. The lowest BCUT2D eigenvalue weighted by molar-refractivity contribution is -0.0169. The van der Waals surface area contributed by atoms with Crippen molar-refractivity contribution in [3.8, 4) is 0 Å². The first kappa shape index (κ1) is 12.2. The first-order chi connectivity index (χ1) is 9.28. The zero-order valence-electron chi connectivity index (χ0n) is 10.6. The molecule has 3 rings (SSSR count). The number of amides is 1. The van der Waals surface area contributed by atoms with E-state index in [1.54, 1.807) is 4.90 Å². The van der Waals surface area contributed by atoms with Gasteiger partial charge in [-0.05, 0) is 12.1 Å². The predicted octanol–water partition coefficient (Wildman–Crippen LogP) is 0.968. The van der Waals surface area contributed by atoms with Crippen LogP contribution in [0.4, 0.5) is 0 Å². The number of ether oxygens (including phenoxy) is 1. The van der Waals surface area contributed by atoms with Gasteiger partial charge in [0.2, 0.25) is 0 Å². The number of hydrogen-bond donors (Lipinski definition) is 2. The number of nitrogens with two attached hydrogens (primary N) is 1. The minimum atomic E-state index is -0.0536. The van der Waals surface area contributed by atoms with E-state index in [0.29, 0.717) is 31.9 Å². The molecular weight excluding hydrogens is 242 g/mol. The Hall–Kier alpha value is -1.85. The molecule has 2 aromatic rings. The summed E-state index contributed by atoms with van der Waals surface area (Å²) >= 11 is 0. The van der Waals surface area contributed by atoms with Crippen LogP contribution in [0.2, 0.25) is 0 Å². The predicted molar refractivity (Wildman–Crippen MR) is 73.0 cm³/mol. The van der Waals surface area contributed by atoms with Crippen molar-refractivity contribution in [2.75, 3.05) is 26.2 Å². The molecule has 0 aliphatic carbocycles. The fourth-order valence-electron chi connectivity index (χ4n) is 2.41. The van der Waals surface area contributed by atoms with Gasteiger partial charge in [0.1, 0.15) is 5.69 Å². The normalized spacial score (nSPS) is 19.8. The third kappa shape index (κ3) is 2.34. The molecule has 2 heterocycles. The van der Waals surface area contributed by atoms with E-state index in [2.05, 4.69) is 4.98 Å². The van der Waals surface area contributed by atoms with Gasteiger partial charge in [-0.25, -0.2) is 0 Å². The van der Waals surface area contributed by atoms with Crippen molar-refractivity contribution < 1.29 is 9.53 Å². The van der Waals surface area contributed by atoms with Crippen molar-refractivity contribution in [1.82, 2.24) is 9.88 Å². The summed E-state index contributed by atoms with van der Waals surface area (Å²) in [6.07, 6.45) is -0.0536. The Morgan fingerprint density at radius 3 is 3.11 bits per heavy atom. The first-order valence-corrected chi connectivity index (χ1v) is 6.46. The Balaban J connectivity index is 1.82. The molecule has 1 aromatic carbocycles. The van der Waals surface area contributed by atoms with E-state index in [0.717, 1.165) is 10.9 Å². The number of H-pyrrole nitrogens is 1. The number of carbonyl (C=O) groups is 1. The lowest BCUT2D eigenvalue weighted by Gasteiger charge is -2.32. The van der Waals surface area contributed by atoms with Crippen molar-refractivity contribution in [3.63, 3.8) is 0 Å². The number of fused-ring (bicyclic) bond motifs is 1. The summed E-state index contributed by atoms with van der Waals surface area (Å²) in [5.74, 6) is 0.0120. The molecule has 0 bridgehead atoms. The number of rotatable bonds is 2. The monoisotopic (exact) mass is 259 g/mol. The van der Waals surface area contributed by atoms with Gasteiger partial charge < -0.3 is 20.4 Å². The molecule has 1 aliphatic heterocycles. The summed E-state index contributed by atoms with van der Waals surface area (Å²) in [6.45, 7) is 2.17. The van der Waals surface area contributed by atoms with Gasteiger partial charge in [-0.15, -0.1) is 0 Å². The molecule has 1 saturated heterocycles. The van der Waals surface area contributed by atoms with Crippen LogP contribution in [0.15, 0.2) is 30.3 Å². The minimum Gasteiger partial charge on any atom is -0.373 e. The summed E-state index contributed by atoms with van der Waals surface area (Å²) in [6, 6.07) is 9.76. The van der Waals surface area contributed by atoms with Crippen molar-refractivity contribution in [3.05, 3.63) is 36.0 Å². The van der Waals surface area contributed by atoms with Crippen LogP contribution >= 0.6 is 0 Å². The first-order valence-electron chi connectivity index (χ1n) is 6.46. The molecule has 1 amide bonds. The highest BCUT2D eigenvalue weighted by atomic mass is 16.5. The Bertz CT molecular complexity index is 560. The zero-order valence-corrected chi connectivity index (χ0v) is 10.6. The number of morpholine rings is 1. The number of aromatic nitrogens is 1. The van der Waals surface area contributed by atoms with Gasteiger partial charge in [-0.2, -0.15) is 0 Å². The standard InChI is InChI=1S/C14H17N3O2/c15-8-11-9-17(5-6-19-11)14(18)13-7-10-3-1-2-4-12(10)16-13/h1-4,7,11,16H,5-6,8-9,15H2. The number of para-hydroxylation sites is 1. The summed E-state index contributed by atoms with van der Waals surface area (Å²) in [7, 11) is 0. The van der Waals surface area contributed by atoms with Crippen molar-refractivity contribution in [2.45, 2.75) is 6.10 Å². The number of nitrogens with one attached hydrogen (secondary N) is 1. The number of aromatic amines is 1. The maximum Gasteiger partial charge on any atom is 0.270 e. The van der Waals surface area contributed by atoms with E-state index in [9.17, 15) is 4.79 Å². The highest BCUT2D eigenvalue weighted by molar-refractivity contribution is 5.98. The number of carbonyl (C=O) groups excluding carboxylic acids is 1. The minimum absolute atomic E-state index is 0.0120. The summed E-state index contributed by atoms with van der Waals surface area (Å²) < 4.78 is 5.47. The van der Waals surface area contributed by atoms with Crippen LogP contribution in [0.1, 0.15) is 10.5 Å². The maximum atomic E-state index is 12.4. The SMILES string of the molecule is NCC1CN(C(=O)c2cc3ccccc3[nH]2)CCO1. The Morgan fingerprint density at radius 1 is 1.47 bits per heavy atom. The summed E-state index contributed by atoms with van der Waals surface area (Å²) in [4.78, 5) is 17.4. The highest BCUT2D eigenvalue weighted by Gasteiger charge is 2.25. The van der Waals surface area contributed by atoms with Gasteiger partial charge in [0.15, 0.2) is 0 Å². The van der Waals surface area contributed by atoms with Gasteiger partial charge >= 0.3 is 0 Å². The Kier molecular flexibility index (Phi) is 3.23. The third-order valence-corrected chi connectivity index (χ3v) is 3.45. The van der Waals surface area contributed by atoms with Crippen LogP contribution in [-0.2, 0) is 4.74 Å². The average molecular weight is 259 g/mol. The molecule has 1 aliphatic rings. The van der Waals surface area contributed by atoms with Crippen molar-refractivity contribution >= 4 is 16.8 Å². The second kappa shape index (κ2) is 5.03. The zero-order chi connectivity index (χ0) is 13.2.